The van der Waals surface area contributed by atoms with Gasteiger partial charge in [-0.3, -0.25) is 0 Å². The van der Waals surface area contributed by atoms with Crippen molar-refractivity contribution in [1.82, 2.24) is 0 Å². The van der Waals surface area contributed by atoms with Gasteiger partial charge in [-0.25, -0.2) is 4.79 Å². The van der Waals surface area contributed by atoms with Crippen LogP contribution in [0, 0.1) is 5.92 Å². The molecule has 4 nitrogen and oxygen atoms in total. The van der Waals surface area contributed by atoms with Crippen LogP contribution < -0.4 is 4.74 Å². The van der Waals surface area contributed by atoms with Gasteiger partial charge in [-0.05, 0) is 61.2 Å². The van der Waals surface area contributed by atoms with Crippen molar-refractivity contribution in [2.75, 3.05) is 6.61 Å². The molecule has 7 heteroatoms. The molecule has 1 N–H and O–H groups in total. The van der Waals surface area contributed by atoms with Gasteiger partial charge in [-0.15, -0.1) is 0 Å². The minimum Gasteiger partial charge on any atom is -0.493 e. The van der Waals surface area contributed by atoms with Crippen LogP contribution in [0.15, 0.2) is 66.7 Å². The summed E-state index contributed by atoms with van der Waals surface area (Å²) in [5.74, 6) is -0.485. The minimum atomic E-state index is -4.57. The fourth-order valence-corrected chi connectivity index (χ4v) is 4.12. The first-order chi connectivity index (χ1) is 16.1. The summed E-state index contributed by atoms with van der Waals surface area (Å²) in [6.07, 6.45) is -5.15. The van der Waals surface area contributed by atoms with Gasteiger partial charge in [0, 0.05) is 11.5 Å². The Balaban J connectivity index is 1.69. The number of carbonyl (C=O) groups is 1. The Morgan fingerprint density at radius 2 is 1.82 bits per heavy atom. The van der Waals surface area contributed by atoms with E-state index in [1.807, 2.05) is 30.3 Å². The predicted molar refractivity (Wildman–Crippen MR) is 122 cm³/mol. The Morgan fingerprint density at radius 1 is 1.09 bits per heavy atom. The molecule has 34 heavy (non-hydrogen) atoms. The van der Waals surface area contributed by atoms with Gasteiger partial charge in [-0.2, -0.15) is 13.2 Å². The number of halogens is 3. The number of esters is 1. The van der Waals surface area contributed by atoms with Crippen LogP contribution in [0.1, 0.15) is 47.0 Å². The van der Waals surface area contributed by atoms with Gasteiger partial charge in [0.15, 0.2) is 0 Å². The number of carbonyl (C=O) groups excluding carboxylic acids is 1. The van der Waals surface area contributed by atoms with Crippen LogP contribution in [0.4, 0.5) is 13.2 Å². The summed E-state index contributed by atoms with van der Waals surface area (Å²) >= 11 is 0. The molecule has 4 rings (SSSR count). The van der Waals surface area contributed by atoms with Crippen LogP contribution in [0.25, 0.3) is 11.1 Å². The number of aliphatic hydroxyl groups is 1. The van der Waals surface area contributed by atoms with Gasteiger partial charge in [0.25, 0.3) is 0 Å². The number of alkyl halides is 3. The third kappa shape index (κ3) is 5.09. The number of ether oxygens (including phenoxy) is 2. The summed E-state index contributed by atoms with van der Waals surface area (Å²) in [6.45, 7) is 3.60. The van der Waals surface area contributed by atoms with E-state index in [1.54, 1.807) is 32.0 Å². The quantitative estimate of drug-likeness (QED) is 0.450. The normalized spacial score (nSPS) is 17.7. The highest BCUT2D eigenvalue weighted by atomic mass is 19.4. The molecule has 1 aliphatic heterocycles. The smallest absolute Gasteiger partial charge is 0.416 e. The highest BCUT2D eigenvalue weighted by molar-refractivity contribution is 5.97. The summed E-state index contributed by atoms with van der Waals surface area (Å²) in [7, 11) is 0. The maximum Gasteiger partial charge on any atom is 0.416 e. The number of rotatable bonds is 5. The minimum absolute atomic E-state index is 0.0277. The standard InChI is InChI=1S/C27H25F3O4/c1-16(2)34-26(32)21-11-9-20(27(28,29)30)14-23(21)18-8-10-22-24(13-18)33-15-19(25(22)31)12-17-6-4-3-5-7-17/h3-11,13-14,16,19,25,31H,12,15H2,1-2H3. The largest absolute Gasteiger partial charge is 0.493 e. The fraction of sp³-hybridized carbons (Fsp3) is 0.296. The Labute approximate surface area is 196 Å². The van der Waals surface area contributed by atoms with Crippen LogP contribution in [0.5, 0.6) is 5.75 Å². The van der Waals surface area contributed by atoms with Crippen molar-refractivity contribution in [2.45, 2.75) is 38.7 Å². The van der Waals surface area contributed by atoms with E-state index in [0.29, 0.717) is 23.3 Å². The average molecular weight is 470 g/mol. The first kappa shape index (κ1) is 23.8. The van der Waals surface area contributed by atoms with Crippen molar-refractivity contribution in [3.63, 3.8) is 0 Å². The lowest BCUT2D eigenvalue weighted by Crippen LogP contribution is -2.27. The fourth-order valence-electron chi connectivity index (χ4n) is 4.12. The Morgan fingerprint density at radius 3 is 2.50 bits per heavy atom. The van der Waals surface area contributed by atoms with Gasteiger partial charge in [0.1, 0.15) is 5.75 Å². The topological polar surface area (TPSA) is 55.8 Å². The zero-order valence-corrected chi connectivity index (χ0v) is 18.8. The molecular weight excluding hydrogens is 445 g/mol. The van der Waals surface area contributed by atoms with Gasteiger partial charge in [-0.1, -0.05) is 42.5 Å². The number of hydrogen-bond donors (Lipinski definition) is 1. The van der Waals surface area contributed by atoms with E-state index in [1.165, 1.54) is 0 Å². The lowest BCUT2D eigenvalue weighted by atomic mass is 9.87. The molecule has 0 saturated heterocycles. The van der Waals surface area contributed by atoms with Crippen LogP contribution in [0.2, 0.25) is 0 Å². The monoisotopic (exact) mass is 470 g/mol. The molecule has 2 atom stereocenters. The highest BCUT2D eigenvalue weighted by Gasteiger charge is 2.33. The third-order valence-corrected chi connectivity index (χ3v) is 5.79. The lowest BCUT2D eigenvalue weighted by Gasteiger charge is -2.31. The van der Waals surface area contributed by atoms with Crippen molar-refractivity contribution in [3.8, 4) is 16.9 Å². The second-order valence-electron chi connectivity index (χ2n) is 8.67. The first-order valence-corrected chi connectivity index (χ1v) is 11.0. The maximum atomic E-state index is 13.4. The Bertz CT molecular complexity index is 1170. The molecular formula is C27H25F3O4. The number of fused-ring (bicyclic) bond motifs is 1. The van der Waals surface area contributed by atoms with Crippen molar-refractivity contribution in [3.05, 3.63) is 89.0 Å². The summed E-state index contributed by atoms with van der Waals surface area (Å²) in [4.78, 5) is 12.6. The highest BCUT2D eigenvalue weighted by Crippen LogP contribution is 2.41. The average Bonchev–Trinajstić information content (AvgIpc) is 2.80. The first-order valence-electron chi connectivity index (χ1n) is 11.0. The molecule has 0 bridgehead atoms. The summed E-state index contributed by atoms with van der Waals surface area (Å²) in [5.41, 5.74) is 1.26. The van der Waals surface area contributed by atoms with E-state index in [4.69, 9.17) is 9.47 Å². The van der Waals surface area contributed by atoms with Crippen molar-refractivity contribution in [1.29, 1.82) is 0 Å². The van der Waals surface area contributed by atoms with Gasteiger partial charge >= 0.3 is 12.1 Å². The van der Waals surface area contributed by atoms with E-state index >= 15 is 0 Å². The Hall–Kier alpha value is -3.32. The van der Waals surface area contributed by atoms with Gasteiger partial charge in [0.05, 0.1) is 29.9 Å². The second-order valence-corrected chi connectivity index (χ2v) is 8.67. The number of benzene rings is 3. The molecule has 0 spiro atoms. The molecule has 0 fully saturated rings. The summed E-state index contributed by atoms with van der Waals surface area (Å²) in [6, 6.07) is 17.5. The maximum absolute atomic E-state index is 13.4. The molecule has 1 aliphatic rings. The molecule has 3 aromatic carbocycles. The zero-order valence-electron chi connectivity index (χ0n) is 18.8. The van der Waals surface area contributed by atoms with Gasteiger partial charge < -0.3 is 14.6 Å². The third-order valence-electron chi connectivity index (χ3n) is 5.79. The van der Waals surface area contributed by atoms with Crippen molar-refractivity contribution in [2.24, 2.45) is 5.92 Å². The summed E-state index contributed by atoms with van der Waals surface area (Å²) < 4.78 is 51.3. The number of hydrogen-bond acceptors (Lipinski definition) is 4. The number of aliphatic hydroxyl groups excluding tert-OH is 1. The van der Waals surface area contributed by atoms with Crippen molar-refractivity contribution < 1.29 is 32.5 Å². The summed E-state index contributed by atoms with van der Waals surface area (Å²) in [5, 5.41) is 10.9. The molecule has 0 aromatic heterocycles. The molecule has 2 unspecified atom stereocenters. The van der Waals surface area contributed by atoms with E-state index in [9.17, 15) is 23.1 Å². The molecule has 0 amide bonds. The van der Waals surface area contributed by atoms with E-state index < -0.39 is 29.9 Å². The SMILES string of the molecule is CC(C)OC(=O)c1ccc(C(F)(F)F)cc1-c1ccc2c(c1)OCC(Cc1ccccc1)C2O. The van der Waals surface area contributed by atoms with Crippen LogP contribution in [-0.4, -0.2) is 23.8 Å². The lowest BCUT2D eigenvalue weighted by molar-refractivity contribution is -0.137. The molecule has 1 heterocycles. The van der Waals surface area contributed by atoms with E-state index in [-0.39, 0.29) is 23.7 Å². The molecule has 0 radical (unpaired) electrons. The predicted octanol–water partition coefficient (Wildman–Crippen LogP) is 6.22. The Kier molecular flexibility index (Phi) is 6.66. The van der Waals surface area contributed by atoms with Crippen LogP contribution in [0.3, 0.4) is 0 Å². The molecule has 178 valence electrons. The molecule has 3 aromatic rings. The van der Waals surface area contributed by atoms with E-state index in [2.05, 4.69) is 0 Å². The van der Waals surface area contributed by atoms with Gasteiger partial charge in [0.2, 0.25) is 0 Å². The van der Waals surface area contributed by atoms with E-state index in [0.717, 1.165) is 23.8 Å². The second kappa shape index (κ2) is 9.50. The molecule has 0 saturated carbocycles. The van der Waals surface area contributed by atoms with Crippen molar-refractivity contribution >= 4 is 5.97 Å². The van der Waals surface area contributed by atoms with Crippen LogP contribution >= 0.6 is 0 Å². The zero-order chi connectivity index (χ0) is 24.5. The molecule has 0 aliphatic carbocycles. The van der Waals surface area contributed by atoms with Crippen LogP contribution in [-0.2, 0) is 17.3 Å².